The van der Waals surface area contributed by atoms with Crippen LogP contribution in [0, 0.1) is 0 Å². The average molecular weight is 484 g/mol. The van der Waals surface area contributed by atoms with E-state index in [2.05, 4.69) is 54.4 Å². The summed E-state index contributed by atoms with van der Waals surface area (Å²) in [6, 6.07) is 17.9. The first-order chi connectivity index (χ1) is 16.1. The number of carbonyl (C=O) groups excluding carboxylic acids is 1. The number of hydrogen-bond acceptors (Lipinski definition) is 4. The quantitative estimate of drug-likeness (QED) is 0.303. The number of likely N-dealkylation sites (tertiary alicyclic amines) is 1. The van der Waals surface area contributed by atoms with E-state index >= 15 is 0 Å². The van der Waals surface area contributed by atoms with Gasteiger partial charge in [0.1, 0.15) is 0 Å². The zero-order chi connectivity index (χ0) is 24.1. The predicted molar refractivity (Wildman–Crippen MR) is 144 cm³/mol. The Kier molecular flexibility index (Phi) is 11.8. The fourth-order valence-electron chi connectivity index (χ4n) is 3.60. The summed E-state index contributed by atoms with van der Waals surface area (Å²) < 4.78 is 0. The number of nitrogens with zero attached hydrogens (tertiary/aromatic N) is 2. The topological polar surface area (TPSA) is 44.7 Å². The van der Waals surface area contributed by atoms with Gasteiger partial charge < -0.3 is 4.90 Å². The van der Waals surface area contributed by atoms with Crippen LogP contribution in [0.3, 0.4) is 0 Å². The molecule has 1 saturated heterocycles. The van der Waals surface area contributed by atoms with E-state index in [1.165, 1.54) is 10.5 Å². The third-order valence-electron chi connectivity index (χ3n) is 5.19. The second-order valence-electron chi connectivity index (χ2n) is 7.27. The summed E-state index contributed by atoms with van der Waals surface area (Å²) in [7, 11) is 0. The van der Waals surface area contributed by atoms with Gasteiger partial charge >= 0.3 is 0 Å². The van der Waals surface area contributed by atoms with E-state index in [0.717, 1.165) is 36.4 Å². The van der Waals surface area contributed by atoms with Crippen molar-refractivity contribution in [1.29, 1.82) is 0 Å². The molecule has 0 radical (unpaired) electrons. The number of amides is 1. The van der Waals surface area contributed by atoms with E-state index in [0.29, 0.717) is 11.4 Å². The molecule has 0 aromatic heterocycles. The number of hydrazone groups is 1. The van der Waals surface area contributed by atoms with Crippen LogP contribution in [0.15, 0.2) is 83.5 Å². The van der Waals surface area contributed by atoms with Crippen LogP contribution in [0.25, 0.3) is 0 Å². The Morgan fingerprint density at radius 1 is 1.21 bits per heavy atom. The number of hydrogen-bond donors (Lipinski definition) is 1. The third kappa shape index (κ3) is 8.09. The standard InChI is InChI=1S/C25H28ClN3OS.C2H6/c1-3-22(17-19-9-6-5-7-10-19)31-18-23(29-16-8-11-24(29)30)25(28-27-4-2)20-12-14-21(26)15-13-20;1-2/h3-7,9-10,12-15,23,27H,2,8,11,16-18H2,1H3;1-2H3/b22-3-,28-25-;. The molecule has 4 nitrogen and oxygen atoms in total. The first-order valence-electron chi connectivity index (χ1n) is 11.4. The van der Waals surface area contributed by atoms with Crippen molar-refractivity contribution in [1.82, 2.24) is 10.3 Å². The highest BCUT2D eigenvalue weighted by Crippen LogP contribution is 2.27. The van der Waals surface area contributed by atoms with Gasteiger partial charge in [0.2, 0.25) is 5.91 Å². The molecule has 1 amide bonds. The number of nitrogens with one attached hydrogen (secondary N) is 1. The predicted octanol–water partition coefficient (Wildman–Crippen LogP) is 6.67. The molecule has 176 valence electrons. The highest BCUT2D eigenvalue weighted by molar-refractivity contribution is 8.03. The van der Waals surface area contributed by atoms with Gasteiger partial charge in [-0.15, -0.1) is 11.8 Å². The SMILES string of the molecule is C=CN/N=C(/c1ccc(Cl)cc1)C(CS/C(=C\C)Cc1ccccc1)N1CCCC1=O.CC. The molecule has 2 aromatic rings. The molecule has 0 aliphatic carbocycles. The maximum absolute atomic E-state index is 12.7. The van der Waals surface area contributed by atoms with E-state index in [1.807, 2.05) is 49.1 Å². The Balaban J connectivity index is 0.00000187. The summed E-state index contributed by atoms with van der Waals surface area (Å²) in [6.07, 6.45) is 6.04. The molecule has 33 heavy (non-hydrogen) atoms. The monoisotopic (exact) mass is 483 g/mol. The molecule has 0 spiro atoms. The van der Waals surface area contributed by atoms with Gasteiger partial charge in [-0.2, -0.15) is 5.10 Å². The summed E-state index contributed by atoms with van der Waals surface area (Å²) in [4.78, 5) is 15.9. The zero-order valence-corrected chi connectivity index (χ0v) is 21.3. The lowest BCUT2D eigenvalue weighted by molar-refractivity contribution is -0.128. The Morgan fingerprint density at radius 3 is 2.48 bits per heavy atom. The molecule has 1 aliphatic heterocycles. The lowest BCUT2D eigenvalue weighted by atomic mass is 10.0. The van der Waals surface area contributed by atoms with Crippen LogP contribution in [0.1, 0.15) is 44.7 Å². The third-order valence-corrected chi connectivity index (χ3v) is 6.67. The normalized spacial score (nSPS) is 15.0. The molecule has 1 fully saturated rings. The number of allylic oxidation sites excluding steroid dienone is 2. The highest BCUT2D eigenvalue weighted by atomic mass is 35.5. The average Bonchev–Trinajstić information content (AvgIpc) is 3.28. The van der Waals surface area contributed by atoms with Gasteiger partial charge in [0.25, 0.3) is 0 Å². The van der Waals surface area contributed by atoms with Crippen LogP contribution < -0.4 is 5.43 Å². The molecule has 1 aliphatic rings. The number of halogens is 1. The Morgan fingerprint density at radius 2 is 1.91 bits per heavy atom. The number of carbonyl (C=O) groups is 1. The summed E-state index contributed by atoms with van der Waals surface area (Å²) in [5.74, 6) is 0.898. The second kappa shape index (κ2) is 14.6. The summed E-state index contributed by atoms with van der Waals surface area (Å²) >= 11 is 7.88. The Labute approximate surface area is 207 Å². The molecule has 0 bridgehead atoms. The fraction of sp³-hybridized carbons (Fsp3) is 0.333. The molecular weight excluding hydrogens is 450 g/mol. The summed E-state index contributed by atoms with van der Waals surface area (Å²) in [5.41, 5.74) is 5.91. The molecular formula is C27H34ClN3OS. The molecule has 1 unspecified atom stereocenters. The van der Waals surface area contributed by atoms with Crippen molar-refractivity contribution < 1.29 is 4.79 Å². The number of thioether (sulfide) groups is 1. The minimum atomic E-state index is -0.153. The van der Waals surface area contributed by atoms with Crippen molar-refractivity contribution >= 4 is 35.0 Å². The lowest BCUT2D eigenvalue weighted by Gasteiger charge is -2.29. The minimum absolute atomic E-state index is 0.153. The summed E-state index contributed by atoms with van der Waals surface area (Å²) in [6.45, 7) is 10.5. The van der Waals surface area contributed by atoms with E-state index in [9.17, 15) is 4.79 Å². The number of rotatable bonds is 10. The Hall–Kier alpha value is -2.50. The van der Waals surface area contributed by atoms with Gasteiger partial charge in [0.05, 0.1) is 11.8 Å². The second-order valence-corrected chi connectivity index (χ2v) is 8.85. The minimum Gasteiger partial charge on any atom is -0.333 e. The molecule has 1 atom stereocenters. The first-order valence-corrected chi connectivity index (χ1v) is 12.8. The van der Waals surface area contributed by atoms with Crippen LogP contribution >= 0.6 is 23.4 Å². The largest absolute Gasteiger partial charge is 0.333 e. The summed E-state index contributed by atoms with van der Waals surface area (Å²) in [5, 5.41) is 5.26. The van der Waals surface area contributed by atoms with E-state index in [4.69, 9.17) is 11.6 Å². The van der Waals surface area contributed by atoms with Gasteiger partial charge in [-0.25, -0.2) is 0 Å². The molecule has 6 heteroatoms. The van der Waals surface area contributed by atoms with Crippen LogP contribution in [-0.4, -0.2) is 34.9 Å². The molecule has 0 saturated carbocycles. The van der Waals surface area contributed by atoms with Crippen molar-refractivity contribution in [3.63, 3.8) is 0 Å². The van der Waals surface area contributed by atoms with Gasteiger partial charge in [-0.05, 0) is 35.9 Å². The van der Waals surface area contributed by atoms with Gasteiger partial charge in [-0.3, -0.25) is 10.2 Å². The van der Waals surface area contributed by atoms with E-state index < -0.39 is 0 Å². The molecule has 3 rings (SSSR count). The first kappa shape index (κ1) is 26.7. The van der Waals surface area contributed by atoms with Crippen molar-refractivity contribution in [2.75, 3.05) is 12.3 Å². The van der Waals surface area contributed by atoms with Crippen molar-refractivity contribution in [2.45, 2.75) is 46.1 Å². The zero-order valence-electron chi connectivity index (χ0n) is 19.8. The highest BCUT2D eigenvalue weighted by Gasteiger charge is 2.32. The molecule has 1 N–H and O–H groups in total. The molecule has 1 heterocycles. The van der Waals surface area contributed by atoms with Gasteiger partial charge in [0.15, 0.2) is 0 Å². The maximum atomic E-state index is 12.7. The fourth-order valence-corrected chi connectivity index (χ4v) is 4.87. The van der Waals surface area contributed by atoms with Crippen molar-refractivity contribution in [2.24, 2.45) is 5.10 Å². The smallest absolute Gasteiger partial charge is 0.223 e. The van der Waals surface area contributed by atoms with Crippen LogP contribution in [0.4, 0.5) is 0 Å². The van der Waals surface area contributed by atoms with Crippen LogP contribution in [0.5, 0.6) is 0 Å². The van der Waals surface area contributed by atoms with Crippen LogP contribution in [-0.2, 0) is 11.2 Å². The van der Waals surface area contributed by atoms with Gasteiger partial charge in [0, 0.05) is 41.9 Å². The lowest BCUT2D eigenvalue weighted by Crippen LogP contribution is -2.44. The van der Waals surface area contributed by atoms with E-state index in [-0.39, 0.29) is 11.9 Å². The molecule has 2 aromatic carbocycles. The van der Waals surface area contributed by atoms with Crippen LogP contribution in [0.2, 0.25) is 5.02 Å². The Bertz CT molecular complexity index is 942. The van der Waals surface area contributed by atoms with Crippen molar-refractivity contribution in [3.8, 4) is 0 Å². The van der Waals surface area contributed by atoms with E-state index in [1.54, 1.807) is 18.0 Å². The van der Waals surface area contributed by atoms with Crippen molar-refractivity contribution in [3.05, 3.63) is 94.5 Å². The number of benzene rings is 2. The van der Waals surface area contributed by atoms with Gasteiger partial charge in [-0.1, -0.05) is 80.6 Å². The maximum Gasteiger partial charge on any atom is 0.223 e.